The Labute approximate surface area is 195 Å². The Bertz CT molecular complexity index is 1380. The van der Waals surface area contributed by atoms with Crippen molar-refractivity contribution in [3.8, 4) is 33.3 Å². The van der Waals surface area contributed by atoms with Gasteiger partial charge >= 0.3 is 0 Å². The van der Waals surface area contributed by atoms with Crippen molar-refractivity contribution in [1.82, 2.24) is 9.97 Å². The van der Waals surface area contributed by atoms with Gasteiger partial charge in [0.25, 0.3) is 5.91 Å². The first-order valence-electron chi connectivity index (χ1n) is 10.4. The number of thiazole rings is 1. The quantitative estimate of drug-likeness (QED) is 0.306. The summed E-state index contributed by atoms with van der Waals surface area (Å²) in [7, 11) is 0. The van der Waals surface area contributed by atoms with E-state index in [4.69, 9.17) is 9.72 Å². The van der Waals surface area contributed by atoms with E-state index in [9.17, 15) is 4.79 Å². The number of aromatic nitrogens is 2. The molecule has 0 saturated heterocycles. The Morgan fingerprint density at radius 3 is 2.42 bits per heavy atom. The molecule has 0 aliphatic heterocycles. The molecule has 0 bridgehead atoms. The second-order valence-corrected chi connectivity index (χ2v) is 8.11. The summed E-state index contributed by atoms with van der Waals surface area (Å²) < 4.78 is 5.84. The van der Waals surface area contributed by atoms with Crippen LogP contribution < -0.4 is 10.1 Å². The molecule has 5 aromatic rings. The van der Waals surface area contributed by atoms with Crippen molar-refractivity contribution >= 4 is 22.9 Å². The lowest BCUT2D eigenvalue weighted by molar-refractivity contribution is 0.102. The monoisotopic (exact) mass is 449 g/mol. The third-order valence-corrected chi connectivity index (χ3v) is 5.81. The molecule has 6 heteroatoms. The molecule has 2 aromatic heterocycles. The molecule has 0 unspecified atom stereocenters. The lowest BCUT2D eigenvalue weighted by atomic mass is 10.1. The minimum Gasteiger partial charge on any atom is -0.457 e. The van der Waals surface area contributed by atoms with Gasteiger partial charge in [0.05, 0.1) is 5.69 Å². The zero-order valence-corrected chi connectivity index (χ0v) is 18.3. The van der Waals surface area contributed by atoms with E-state index < -0.39 is 0 Å². The molecule has 0 aliphatic rings. The molecule has 0 radical (unpaired) electrons. The van der Waals surface area contributed by atoms with Crippen LogP contribution in [0.15, 0.2) is 109 Å². The molecule has 0 fully saturated rings. The number of benzene rings is 3. The molecule has 33 heavy (non-hydrogen) atoms. The van der Waals surface area contributed by atoms with E-state index >= 15 is 0 Å². The predicted molar refractivity (Wildman–Crippen MR) is 132 cm³/mol. The van der Waals surface area contributed by atoms with Gasteiger partial charge in [-0.05, 0) is 54.6 Å². The number of anilines is 1. The van der Waals surface area contributed by atoms with Gasteiger partial charge in [0.15, 0.2) is 0 Å². The number of nitrogens with one attached hydrogen (secondary N) is 1. The number of rotatable bonds is 6. The lowest BCUT2D eigenvalue weighted by Crippen LogP contribution is -2.11. The number of nitrogens with zero attached hydrogens (tertiary/aromatic N) is 2. The Morgan fingerprint density at radius 1 is 0.788 bits per heavy atom. The Kier molecular flexibility index (Phi) is 5.91. The number of pyridine rings is 1. The molecule has 0 atom stereocenters. The van der Waals surface area contributed by atoms with Gasteiger partial charge in [0.2, 0.25) is 0 Å². The van der Waals surface area contributed by atoms with Gasteiger partial charge in [0, 0.05) is 40.2 Å². The third kappa shape index (κ3) is 4.97. The van der Waals surface area contributed by atoms with E-state index in [-0.39, 0.29) is 5.91 Å². The first-order chi connectivity index (χ1) is 16.2. The van der Waals surface area contributed by atoms with Crippen LogP contribution in [0.5, 0.6) is 11.5 Å². The number of amides is 1. The van der Waals surface area contributed by atoms with Crippen molar-refractivity contribution in [2.45, 2.75) is 0 Å². The molecule has 5 rings (SSSR count). The van der Waals surface area contributed by atoms with Crippen LogP contribution in [0, 0.1) is 0 Å². The first kappa shape index (κ1) is 20.6. The maximum absolute atomic E-state index is 12.9. The fourth-order valence-electron chi connectivity index (χ4n) is 3.32. The number of hydrogen-bond donors (Lipinski definition) is 1. The second-order valence-electron chi connectivity index (χ2n) is 7.25. The molecule has 2 heterocycles. The SMILES string of the molecule is O=C(Nc1cccc(-c2csc(-c3ccncc3)n2)c1)c1cccc(Oc2ccccc2)c1. The van der Waals surface area contributed by atoms with Crippen LogP contribution in [0.3, 0.4) is 0 Å². The zero-order valence-electron chi connectivity index (χ0n) is 17.5. The van der Waals surface area contributed by atoms with Crippen LogP contribution in [0.2, 0.25) is 0 Å². The van der Waals surface area contributed by atoms with E-state index in [0.717, 1.165) is 27.6 Å². The standard InChI is InChI=1S/C27H19N3O2S/c31-26(21-7-5-11-24(17-21)32-23-9-2-1-3-10-23)29-22-8-4-6-20(16-22)25-18-33-27(30-25)19-12-14-28-15-13-19/h1-18H,(H,29,31). The molecular weight excluding hydrogens is 430 g/mol. The number of carbonyl (C=O) groups is 1. The van der Waals surface area contributed by atoms with Crippen molar-refractivity contribution in [1.29, 1.82) is 0 Å². The molecule has 0 aliphatic carbocycles. The predicted octanol–water partition coefficient (Wildman–Crippen LogP) is 6.92. The lowest BCUT2D eigenvalue weighted by Gasteiger charge is -2.09. The average molecular weight is 450 g/mol. The van der Waals surface area contributed by atoms with E-state index in [1.165, 1.54) is 0 Å². The molecule has 160 valence electrons. The maximum atomic E-state index is 12.9. The molecular formula is C27H19N3O2S. The summed E-state index contributed by atoms with van der Waals surface area (Å²) >= 11 is 1.58. The normalized spacial score (nSPS) is 10.5. The van der Waals surface area contributed by atoms with Gasteiger partial charge in [-0.2, -0.15) is 0 Å². The van der Waals surface area contributed by atoms with Crippen LogP contribution >= 0.6 is 11.3 Å². The van der Waals surface area contributed by atoms with Gasteiger partial charge in [-0.15, -0.1) is 11.3 Å². The number of carbonyl (C=O) groups excluding carboxylic acids is 1. The van der Waals surface area contributed by atoms with Crippen LogP contribution in [-0.2, 0) is 0 Å². The summed E-state index contributed by atoms with van der Waals surface area (Å²) in [5, 5.41) is 5.91. The maximum Gasteiger partial charge on any atom is 0.255 e. The summed E-state index contributed by atoms with van der Waals surface area (Å²) in [6.45, 7) is 0. The highest BCUT2D eigenvalue weighted by molar-refractivity contribution is 7.13. The fraction of sp³-hybridized carbons (Fsp3) is 0. The Hall–Kier alpha value is -4.29. The van der Waals surface area contributed by atoms with Crippen LogP contribution in [-0.4, -0.2) is 15.9 Å². The van der Waals surface area contributed by atoms with Crippen molar-refractivity contribution < 1.29 is 9.53 Å². The summed E-state index contributed by atoms with van der Waals surface area (Å²) in [6.07, 6.45) is 3.51. The molecule has 1 N–H and O–H groups in total. The number of hydrogen-bond acceptors (Lipinski definition) is 5. The highest BCUT2D eigenvalue weighted by Crippen LogP contribution is 2.30. The van der Waals surface area contributed by atoms with Gasteiger partial charge < -0.3 is 10.1 Å². The minimum absolute atomic E-state index is 0.207. The molecule has 1 amide bonds. The highest BCUT2D eigenvalue weighted by Gasteiger charge is 2.11. The van der Waals surface area contributed by atoms with Crippen LogP contribution in [0.1, 0.15) is 10.4 Å². The van der Waals surface area contributed by atoms with E-state index in [1.54, 1.807) is 41.9 Å². The van der Waals surface area contributed by atoms with E-state index in [2.05, 4.69) is 10.3 Å². The van der Waals surface area contributed by atoms with Crippen molar-refractivity contribution in [2.24, 2.45) is 0 Å². The van der Waals surface area contributed by atoms with E-state index in [1.807, 2.05) is 78.2 Å². The third-order valence-electron chi connectivity index (χ3n) is 4.92. The average Bonchev–Trinajstić information content (AvgIpc) is 3.36. The van der Waals surface area contributed by atoms with Crippen LogP contribution in [0.4, 0.5) is 5.69 Å². The molecule has 3 aromatic carbocycles. The van der Waals surface area contributed by atoms with Crippen LogP contribution in [0.25, 0.3) is 21.8 Å². The summed E-state index contributed by atoms with van der Waals surface area (Å²) in [4.78, 5) is 21.7. The Balaban J connectivity index is 1.32. The zero-order chi connectivity index (χ0) is 22.5. The largest absolute Gasteiger partial charge is 0.457 e. The summed E-state index contributed by atoms with van der Waals surface area (Å²) in [6, 6.07) is 28.2. The van der Waals surface area contributed by atoms with Gasteiger partial charge in [-0.1, -0.05) is 36.4 Å². The molecule has 5 nitrogen and oxygen atoms in total. The fourth-order valence-corrected chi connectivity index (χ4v) is 4.15. The van der Waals surface area contributed by atoms with Gasteiger partial charge in [-0.25, -0.2) is 4.98 Å². The molecule has 0 saturated carbocycles. The van der Waals surface area contributed by atoms with Crippen molar-refractivity contribution in [2.75, 3.05) is 5.32 Å². The number of para-hydroxylation sites is 1. The van der Waals surface area contributed by atoms with E-state index in [0.29, 0.717) is 17.0 Å². The second kappa shape index (κ2) is 9.46. The first-order valence-corrected chi connectivity index (χ1v) is 11.2. The minimum atomic E-state index is -0.207. The van der Waals surface area contributed by atoms with Gasteiger partial charge in [0.1, 0.15) is 16.5 Å². The Morgan fingerprint density at radius 2 is 1.58 bits per heavy atom. The highest BCUT2D eigenvalue weighted by atomic mass is 32.1. The topological polar surface area (TPSA) is 64.1 Å². The summed E-state index contributed by atoms with van der Waals surface area (Å²) in [5.41, 5.74) is 4.04. The number of ether oxygens (including phenoxy) is 1. The van der Waals surface area contributed by atoms with Crippen molar-refractivity contribution in [3.63, 3.8) is 0 Å². The van der Waals surface area contributed by atoms with Gasteiger partial charge in [-0.3, -0.25) is 9.78 Å². The smallest absolute Gasteiger partial charge is 0.255 e. The van der Waals surface area contributed by atoms with Crippen molar-refractivity contribution in [3.05, 3.63) is 114 Å². The summed E-state index contributed by atoms with van der Waals surface area (Å²) in [5.74, 6) is 1.12. The molecule has 0 spiro atoms.